The quantitative estimate of drug-likeness (QED) is 0.487. The van der Waals surface area contributed by atoms with E-state index >= 15 is 0 Å². The van der Waals surface area contributed by atoms with E-state index in [2.05, 4.69) is 10.1 Å². The summed E-state index contributed by atoms with van der Waals surface area (Å²) in [5, 5.41) is 13.7. The Morgan fingerprint density at radius 1 is 1.20 bits per heavy atom. The molecule has 2 aromatic carbocycles. The number of carbonyl (C=O) groups is 1. The zero-order chi connectivity index (χ0) is 18.6. The Morgan fingerprint density at radius 2 is 1.92 bits per heavy atom. The zero-order valence-corrected chi connectivity index (χ0v) is 13.3. The van der Waals surface area contributed by atoms with Crippen LogP contribution in [0.3, 0.4) is 0 Å². The smallest absolute Gasteiger partial charge is 0.337 e. The molecule has 2 rings (SSSR count). The van der Waals surface area contributed by atoms with Crippen molar-refractivity contribution in [3.63, 3.8) is 0 Å². The number of hydrogen-bond acceptors (Lipinski definition) is 6. The van der Waals surface area contributed by atoms with Crippen LogP contribution in [0.5, 0.6) is 5.75 Å². The number of methoxy groups -OCH3 is 2. The third kappa shape index (κ3) is 4.00. The van der Waals surface area contributed by atoms with Gasteiger partial charge in [0.2, 0.25) is 0 Å². The topological polar surface area (TPSA) is 90.7 Å². The number of carbonyl (C=O) groups excluding carboxylic acids is 1. The van der Waals surface area contributed by atoms with Crippen molar-refractivity contribution in [1.29, 1.82) is 0 Å². The molecule has 0 spiro atoms. The van der Waals surface area contributed by atoms with E-state index in [1.165, 1.54) is 26.4 Å². The summed E-state index contributed by atoms with van der Waals surface area (Å²) in [4.78, 5) is 21.8. The number of nitro benzene ring substituents is 1. The van der Waals surface area contributed by atoms with E-state index in [9.17, 15) is 23.7 Å². The number of hydrogen-bond donors (Lipinski definition) is 1. The van der Waals surface area contributed by atoms with Crippen LogP contribution < -0.4 is 10.1 Å². The largest absolute Gasteiger partial charge is 0.494 e. The second-order valence-corrected chi connectivity index (χ2v) is 4.91. The molecule has 0 saturated carbocycles. The maximum absolute atomic E-state index is 13.9. The van der Waals surface area contributed by atoms with Crippen molar-refractivity contribution in [2.45, 2.75) is 6.54 Å². The number of benzene rings is 2. The predicted octanol–water partition coefficient (Wildman–Crippen LogP) is 3.28. The summed E-state index contributed by atoms with van der Waals surface area (Å²) in [5.41, 5.74) is -0.360. The molecule has 0 radical (unpaired) electrons. The van der Waals surface area contributed by atoms with Gasteiger partial charge in [0.15, 0.2) is 11.6 Å². The van der Waals surface area contributed by atoms with Gasteiger partial charge in [-0.05, 0) is 18.2 Å². The van der Waals surface area contributed by atoms with Crippen LogP contribution in [0.15, 0.2) is 30.3 Å². The van der Waals surface area contributed by atoms with Gasteiger partial charge >= 0.3 is 5.97 Å². The molecule has 0 unspecified atom stereocenters. The molecule has 0 atom stereocenters. The molecule has 25 heavy (non-hydrogen) atoms. The van der Waals surface area contributed by atoms with E-state index < -0.39 is 28.2 Å². The minimum Gasteiger partial charge on any atom is -0.494 e. The van der Waals surface area contributed by atoms with Gasteiger partial charge in [0.25, 0.3) is 5.69 Å². The van der Waals surface area contributed by atoms with Gasteiger partial charge in [-0.3, -0.25) is 10.1 Å². The molecule has 0 aliphatic carbocycles. The van der Waals surface area contributed by atoms with Crippen molar-refractivity contribution in [2.24, 2.45) is 0 Å². The lowest BCUT2D eigenvalue weighted by molar-refractivity contribution is -0.384. The Morgan fingerprint density at radius 3 is 2.52 bits per heavy atom. The molecule has 0 aliphatic heterocycles. The monoisotopic (exact) mass is 352 g/mol. The molecule has 7 nitrogen and oxygen atoms in total. The maximum Gasteiger partial charge on any atom is 0.337 e. The van der Waals surface area contributed by atoms with E-state index in [-0.39, 0.29) is 29.1 Å². The standard InChI is InChI=1S/C16H14F2N2O5/c1-24-15-7-13(14(20(22)23)6-12(15)18)19-8-10-5-9(16(21)25-2)3-4-11(10)17/h3-7,19H,8H2,1-2H3. The van der Waals surface area contributed by atoms with Crippen LogP contribution in [0.4, 0.5) is 20.2 Å². The van der Waals surface area contributed by atoms with Gasteiger partial charge in [-0.2, -0.15) is 0 Å². The lowest BCUT2D eigenvalue weighted by atomic mass is 10.1. The van der Waals surface area contributed by atoms with Crippen molar-refractivity contribution >= 4 is 17.3 Å². The molecule has 132 valence electrons. The van der Waals surface area contributed by atoms with Crippen LogP contribution >= 0.6 is 0 Å². The Labute approximate surface area is 141 Å². The fraction of sp³-hybridized carbons (Fsp3) is 0.188. The average Bonchev–Trinajstić information content (AvgIpc) is 2.60. The molecular formula is C16H14F2N2O5. The van der Waals surface area contributed by atoms with Crippen LogP contribution in [0.1, 0.15) is 15.9 Å². The molecule has 2 aromatic rings. The van der Waals surface area contributed by atoms with Crippen molar-refractivity contribution in [2.75, 3.05) is 19.5 Å². The van der Waals surface area contributed by atoms with Gasteiger partial charge in [-0.1, -0.05) is 0 Å². The summed E-state index contributed by atoms with van der Waals surface area (Å²) < 4.78 is 36.9. The first kappa shape index (κ1) is 18.1. The molecule has 0 heterocycles. The molecular weight excluding hydrogens is 338 g/mol. The number of halogens is 2. The average molecular weight is 352 g/mol. The fourth-order valence-corrected chi connectivity index (χ4v) is 2.14. The normalized spacial score (nSPS) is 10.2. The molecule has 9 heteroatoms. The Bertz CT molecular complexity index is 826. The molecule has 1 N–H and O–H groups in total. The van der Waals surface area contributed by atoms with Gasteiger partial charge in [-0.15, -0.1) is 0 Å². The first-order valence-electron chi connectivity index (χ1n) is 7.00. The number of ether oxygens (including phenoxy) is 2. The SMILES string of the molecule is COC(=O)c1ccc(F)c(CNc2cc(OC)c(F)cc2[N+](=O)[O-])c1. The van der Waals surface area contributed by atoms with Crippen LogP contribution in [-0.2, 0) is 11.3 Å². The first-order chi connectivity index (χ1) is 11.9. The van der Waals surface area contributed by atoms with E-state index in [1.54, 1.807) is 0 Å². The van der Waals surface area contributed by atoms with E-state index in [0.717, 1.165) is 12.1 Å². The Balaban J connectivity index is 2.32. The third-order valence-electron chi connectivity index (χ3n) is 3.40. The highest BCUT2D eigenvalue weighted by Gasteiger charge is 2.19. The summed E-state index contributed by atoms with van der Waals surface area (Å²) in [7, 11) is 2.41. The van der Waals surface area contributed by atoms with E-state index in [4.69, 9.17) is 4.74 Å². The number of nitrogens with one attached hydrogen (secondary N) is 1. The third-order valence-corrected chi connectivity index (χ3v) is 3.40. The number of nitro groups is 1. The van der Waals surface area contributed by atoms with Gasteiger partial charge in [0.1, 0.15) is 11.5 Å². The Kier molecular flexibility index (Phi) is 5.48. The van der Waals surface area contributed by atoms with Crippen molar-refractivity contribution in [3.8, 4) is 5.75 Å². The highest BCUT2D eigenvalue weighted by molar-refractivity contribution is 5.89. The molecule has 0 aromatic heterocycles. The van der Waals surface area contributed by atoms with Crippen LogP contribution in [0.2, 0.25) is 0 Å². The summed E-state index contributed by atoms with van der Waals surface area (Å²) in [5.74, 6) is -2.34. The fourth-order valence-electron chi connectivity index (χ4n) is 2.14. The summed E-state index contributed by atoms with van der Waals surface area (Å²) >= 11 is 0. The highest BCUT2D eigenvalue weighted by Crippen LogP contribution is 2.32. The molecule has 0 fully saturated rings. The van der Waals surface area contributed by atoms with Crippen molar-refractivity contribution in [1.82, 2.24) is 0 Å². The second kappa shape index (κ2) is 7.56. The number of anilines is 1. The lowest BCUT2D eigenvalue weighted by Gasteiger charge is -2.11. The second-order valence-electron chi connectivity index (χ2n) is 4.91. The van der Waals surface area contributed by atoms with Crippen molar-refractivity contribution in [3.05, 3.63) is 63.2 Å². The predicted molar refractivity (Wildman–Crippen MR) is 84.7 cm³/mol. The van der Waals surface area contributed by atoms with E-state index in [0.29, 0.717) is 6.07 Å². The summed E-state index contributed by atoms with van der Waals surface area (Å²) in [6, 6.07) is 5.43. The highest BCUT2D eigenvalue weighted by atomic mass is 19.1. The van der Waals surface area contributed by atoms with Gasteiger partial charge in [0.05, 0.1) is 30.8 Å². The van der Waals surface area contributed by atoms with Crippen molar-refractivity contribution < 1.29 is 28.0 Å². The zero-order valence-electron chi connectivity index (χ0n) is 13.3. The molecule has 0 saturated heterocycles. The minimum atomic E-state index is -0.890. The molecule has 0 bridgehead atoms. The van der Waals surface area contributed by atoms with Gasteiger partial charge < -0.3 is 14.8 Å². The van der Waals surface area contributed by atoms with E-state index in [1.807, 2.05) is 0 Å². The van der Waals surface area contributed by atoms with Crippen LogP contribution in [-0.4, -0.2) is 25.1 Å². The van der Waals surface area contributed by atoms with Crippen LogP contribution in [0, 0.1) is 21.7 Å². The van der Waals surface area contributed by atoms with Gasteiger partial charge in [-0.25, -0.2) is 13.6 Å². The summed E-state index contributed by atoms with van der Waals surface area (Å²) in [6.07, 6.45) is 0. The first-order valence-corrected chi connectivity index (χ1v) is 7.00. The number of esters is 1. The van der Waals surface area contributed by atoms with Crippen LogP contribution in [0.25, 0.3) is 0 Å². The molecule has 0 amide bonds. The number of rotatable bonds is 6. The summed E-state index contributed by atoms with van der Waals surface area (Å²) in [6.45, 7) is -0.174. The lowest BCUT2D eigenvalue weighted by Crippen LogP contribution is -2.08. The number of nitrogens with zero attached hydrogens (tertiary/aromatic N) is 1. The minimum absolute atomic E-state index is 0.0499. The maximum atomic E-state index is 13.9. The van der Waals surface area contributed by atoms with Gasteiger partial charge in [0, 0.05) is 18.2 Å². The Hall–Kier alpha value is -3.23. The molecule has 0 aliphatic rings.